The molecule has 0 aromatic carbocycles. The van der Waals surface area contributed by atoms with E-state index in [4.69, 9.17) is 26.8 Å². The van der Waals surface area contributed by atoms with Crippen LogP contribution in [0, 0.1) is 6.92 Å². The number of carbonyl (C=O) groups excluding carboxylic acids is 3. The van der Waals surface area contributed by atoms with Gasteiger partial charge in [-0.15, -0.1) is 22.9 Å². The van der Waals surface area contributed by atoms with Gasteiger partial charge in [0.15, 0.2) is 11.2 Å². The van der Waals surface area contributed by atoms with Gasteiger partial charge in [-0.05, 0) is 27.7 Å². The maximum atomic E-state index is 11.4. The highest BCUT2D eigenvalue weighted by Crippen LogP contribution is 2.19. The molecule has 0 aliphatic heterocycles. The summed E-state index contributed by atoms with van der Waals surface area (Å²) in [5.74, 6) is -1.36. The molecule has 0 spiro atoms. The summed E-state index contributed by atoms with van der Waals surface area (Å²) in [6.45, 7) is 7.92. The molecular weight excluding hydrogens is 456 g/mol. The van der Waals surface area contributed by atoms with Crippen LogP contribution in [0.5, 0.6) is 0 Å². The minimum atomic E-state index is -1.14. The van der Waals surface area contributed by atoms with E-state index in [1.165, 1.54) is 18.3 Å². The summed E-state index contributed by atoms with van der Waals surface area (Å²) in [6, 6.07) is 0. The number of aromatic nitrogens is 1. The molecule has 2 N–H and O–H groups in total. The molecule has 30 heavy (non-hydrogen) atoms. The number of ketones is 1. The molecule has 0 saturated heterocycles. The van der Waals surface area contributed by atoms with Crippen molar-refractivity contribution in [2.24, 2.45) is 5.73 Å². The number of hydrogen-bond donors (Lipinski definition) is 1. The molecule has 172 valence electrons. The minimum Gasteiger partial charge on any atom is -0.465 e. The number of hydrogen-bond acceptors (Lipinski definition) is 10. The third-order valence-corrected chi connectivity index (χ3v) is 4.42. The van der Waals surface area contributed by atoms with Crippen molar-refractivity contribution in [1.82, 2.24) is 4.98 Å². The number of thiocarbonyl (C=S) groups is 1. The fraction of sp³-hybridized carbons (Fsp3) is 0.611. The Labute approximate surface area is 191 Å². The second-order valence-electron chi connectivity index (χ2n) is 5.30. The number of rotatable bonds is 9. The first-order valence-electron chi connectivity index (χ1n) is 8.76. The minimum absolute atomic E-state index is 0.245. The van der Waals surface area contributed by atoms with Gasteiger partial charge < -0.3 is 24.7 Å². The smallest absolute Gasteiger partial charge is 0.350 e. The normalized spacial score (nSPS) is 10.5. The average Bonchev–Trinajstić information content (AvgIpc) is 3.03. The maximum Gasteiger partial charge on any atom is 0.350 e. The second kappa shape index (κ2) is 18.1. The molecule has 0 aliphatic rings. The standard InChI is InChI=1S/C9H13NO3S.C6H9ClO3.C3H7NOS/c1-4-13-9(11)8-6(2)10-7(14-8)5-12-3;1-3-10-6(9)5(7)4(2)8;1-5-2-3(4)6/h4-5H2,1-3H3;5H,3H2,1-2H3;2H2,1H3,(H2,4,6). The van der Waals surface area contributed by atoms with Crippen molar-refractivity contribution in [2.75, 3.05) is 34.0 Å². The first-order chi connectivity index (χ1) is 14.0. The summed E-state index contributed by atoms with van der Waals surface area (Å²) in [5.41, 5.74) is 5.72. The molecule has 0 fully saturated rings. The number of methoxy groups -OCH3 is 2. The van der Waals surface area contributed by atoms with Crippen molar-refractivity contribution in [1.29, 1.82) is 0 Å². The van der Waals surface area contributed by atoms with Crippen LogP contribution in [0.15, 0.2) is 0 Å². The number of Topliss-reactive ketones (excluding diaryl/α,β-unsaturated/α-hetero) is 1. The first kappa shape index (κ1) is 30.5. The number of esters is 2. The zero-order valence-corrected chi connectivity index (χ0v) is 20.4. The summed E-state index contributed by atoms with van der Waals surface area (Å²) in [4.78, 5) is 37.6. The highest BCUT2D eigenvalue weighted by atomic mass is 35.5. The SMILES string of the molecule is CCOC(=O)C(Cl)C(C)=O.CCOC(=O)c1sc(COC)nc1C.COCC(N)=S. The van der Waals surface area contributed by atoms with Gasteiger partial charge in [0.25, 0.3) is 0 Å². The number of carbonyl (C=O) groups is 3. The molecule has 1 heterocycles. The van der Waals surface area contributed by atoms with Crippen molar-refractivity contribution >= 4 is 57.9 Å². The van der Waals surface area contributed by atoms with E-state index < -0.39 is 11.3 Å². The van der Waals surface area contributed by atoms with Gasteiger partial charge in [0, 0.05) is 14.2 Å². The third kappa shape index (κ3) is 14.3. The summed E-state index contributed by atoms with van der Waals surface area (Å²) in [7, 11) is 3.15. The van der Waals surface area contributed by atoms with E-state index in [2.05, 4.69) is 26.7 Å². The molecular formula is C18H29ClN2O7S2. The van der Waals surface area contributed by atoms with Gasteiger partial charge in [0.2, 0.25) is 0 Å². The number of alkyl halides is 1. The quantitative estimate of drug-likeness (QED) is 0.241. The van der Waals surface area contributed by atoms with Gasteiger partial charge in [0.1, 0.15) is 9.88 Å². The number of halogens is 1. The van der Waals surface area contributed by atoms with Gasteiger partial charge >= 0.3 is 11.9 Å². The molecule has 1 rings (SSSR count). The van der Waals surface area contributed by atoms with Gasteiger partial charge in [-0.2, -0.15) is 0 Å². The van der Waals surface area contributed by atoms with Gasteiger partial charge in [-0.1, -0.05) is 12.2 Å². The fourth-order valence-corrected chi connectivity index (χ4v) is 2.66. The van der Waals surface area contributed by atoms with Crippen LogP contribution in [-0.2, 0) is 35.1 Å². The van der Waals surface area contributed by atoms with Crippen LogP contribution in [-0.4, -0.2) is 67.1 Å². The van der Waals surface area contributed by atoms with Crippen LogP contribution in [0.1, 0.15) is 41.1 Å². The monoisotopic (exact) mass is 484 g/mol. The molecule has 1 atom stereocenters. The Balaban J connectivity index is 0. The van der Waals surface area contributed by atoms with Crippen LogP contribution in [0.4, 0.5) is 0 Å². The van der Waals surface area contributed by atoms with Gasteiger partial charge in [0.05, 0.1) is 37.1 Å². The number of thiazole rings is 1. The fourth-order valence-electron chi connectivity index (χ4n) is 1.55. The van der Waals surface area contributed by atoms with Crippen LogP contribution < -0.4 is 5.73 Å². The lowest BCUT2D eigenvalue weighted by molar-refractivity contribution is -0.144. The lowest BCUT2D eigenvalue weighted by Crippen LogP contribution is -2.24. The van der Waals surface area contributed by atoms with Crippen molar-refractivity contribution in [3.63, 3.8) is 0 Å². The van der Waals surface area contributed by atoms with E-state index in [0.29, 0.717) is 35.4 Å². The molecule has 1 aromatic rings. The number of ether oxygens (including phenoxy) is 4. The lowest BCUT2D eigenvalue weighted by Gasteiger charge is -2.03. The van der Waals surface area contributed by atoms with Crippen molar-refractivity contribution in [3.05, 3.63) is 15.6 Å². The zero-order valence-electron chi connectivity index (χ0n) is 18.0. The molecule has 12 heteroatoms. The highest BCUT2D eigenvalue weighted by Gasteiger charge is 2.20. The van der Waals surface area contributed by atoms with Gasteiger partial charge in [-0.3, -0.25) is 4.79 Å². The Morgan fingerprint density at radius 1 is 1.17 bits per heavy atom. The van der Waals surface area contributed by atoms with Crippen molar-refractivity contribution in [2.45, 2.75) is 39.7 Å². The Morgan fingerprint density at radius 2 is 1.73 bits per heavy atom. The van der Waals surface area contributed by atoms with Crippen LogP contribution in [0.3, 0.4) is 0 Å². The molecule has 0 radical (unpaired) electrons. The zero-order chi connectivity index (χ0) is 23.7. The summed E-state index contributed by atoms with van der Waals surface area (Å²) in [5, 5.41) is -0.340. The molecule has 0 amide bonds. The summed E-state index contributed by atoms with van der Waals surface area (Å²) >= 11 is 11.1. The summed E-state index contributed by atoms with van der Waals surface area (Å²) in [6.07, 6.45) is 0. The van der Waals surface area contributed by atoms with E-state index in [1.807, 2.05) is 0 Å². The van der Waals surface area contributed by atoms with Crippen LogP contribution in [0.2, 0.25) is 0 Å². The molecule has 9 nitrogen and oxygen atoms in total. The first-order valence-corrected chi connectivity index (χ1v) is 10.4. The van der Waals surface area contributed by atoms with Gasteiger partial charge in [-0.25, -0.2) is 14.6 Å². The van der Waals surface area contributed by atoms with E-state index in [9.17, 15) is 14.4 Å². The molecule has 0 bridgehead atoms. The largest absolute Gasteiger partial charge is 0.465 e. The van der Waals surface area contributed by atoms with Crippen LogP contribution in [0.25, 0.3) is 0 Å². The third-order valence-electron chi connectivity index (χ3n) is 2.71. The van der Waals surface area contributed by atoms with E-state index in [0.717, 1.165) is 5.01 Å². The van der Waals surface area contributed by atoms with Crippen LogP contribution >= 0.6 is 35.2 Å². The number of nitrogens with two attached hydrogens (primary N) is 1. The van der Waals surface area contributed by atoms with E-state index >= 15 is 0 Å². The Morgan fingerprint density at radius 3 is 2.10 bits per heavy atom. The maximum absolute atomic E-state index is 11.4. The predicted octanol–water partition coefficient (Wildman–Crippen LogP) is 2.44. The Kier molecular flexibility index (Phi) is 18.5. The molecule has 0 saturated carbocycles. The molecule has 1 aromatic heterocycles. The molecule has 1 unspecified atom stereocenters. The topological polar surface area (TPSA) is 127 Å². The highest BCUT2D eigenvalue weighted by molar-refractivity contribution is 7.80. The Hall–Kier alpha value is -1.66. The number of aryl methyl sites for hydroxylation is 1. The second-order valence-corrected chi connectivity index (χ2v) is 7.34. The van der Waals surface area contributed by atoms with Crippen molar-refractivity contribution < 1.29 is 33.3 Å². The molecule has 0 aliphatic carbocycles. The number of nitrogens with zero attached hydrogens (tertiary/aromatic N) is 1. The Bertz CT molecular complexity index is 683. The average molecular weight is 485 g/mol. The lowest BCUT2D eigenvalue weighted by atomic mass is 10.3. The van der Waals surface area contributed by atoms with E-state index in [-0.39, 0.29) is 18.4 Å². The summed E-state index contributed by atoms with van der Waals surface area (Å²) < 4.78 is 18.8. The predicted molar refractivity (Wildman–Crippen MR) is 119 cm³/mol. The van der Waals surface area contributed by atoms with E-state index in [1.54, 1.807) is 35.0 Å². The van der Waals surface area contributed by atoms with Crippen molar-refractivity contribution in [3.8, 4) is 0 Å².